The first-order valence-electron chi connectivity index (χ1n) is 6.72. The third-order valence-electron chi connectivity index (χ3n) is 3.33. The Morgan fingerprint density at radius 2 is 2.32 bits per heavy atom. The first-order chi connectivity index (χ1) is 8.97. The predicted octanol–water partition coefficient (Wildman–Crippen LogP) is 0.838. The molecular formula is C12H22N4O2S. The maximum Gasteiger partial charge on any atom is 0.279 e. The lowest BCUT2D eigenvalue weighted by molar-refractivity contribution is 0.276. The number of piperidine rings is 1. The molecular weight excluding hydrogens is 264 g/mol. The summed E-state index contributed by atoms with van der Waals surface area (Å²) in [5, 5.41) is 4.08. The van der Waals surface area contributed by atoms with Crippen LogP contribution in [-0.4, -0.2) is 41.6 Å². The molecule has 0 saturated carbocycles. The molecule has 2 heterocycles. The van der Waals surface area contributed by atoms with Gasteiger partial charge in [-0.25, -0.2) is 0 Å². The molecule has 1 aromatic heterocycles. The summed E-state index contributed by atoms with van der Waals surface area (Å²) in [5.74, 6) is 0.437. The lowest BCUT2D eigenvalue weighted by Crippen LogP contribution is -2.48. The quantitative estimate of drug-likeness (QED) is 0.872. The molecule has 1 N–H and O–H groups in total. The standard InChI is InChI=1S/C12H22N4O2S/c1-11-5-3-8-16(9-11)19(17,18)14-12(2)10-15-7-4-6-13-15/h4,6-7,11-12,14H,3,5,8-10H2,1-2H3/t11-,12-/m0/s1. The summed E-state index contributed by atoms with van der Waals surface area (Å²) in [6.45, 7) is 5.72. The van der Waals surface area contributed by atoms with Gasteiger partial charge >= 0.3 is 0 Å². The van der Waals surface area contributed by atoms with Gasteiger partial charge in [0.25, 0.3) is 10.2 Å². The zero-order valence-corrected chi connectivity index (χ0v) is 12.3. The van der Waals surface area contributed by atoms with E-state index in [1.54, 1.807) is 15.2 Å². The van der Waals surface area contributed by atoms with Crippen LogP contribution in [0.5, 0.6) is 0 Å². The Morgan fingerprint density at radius 3 is 2.95 bits per heavy atom. The van der Waals surface area contributed by atoms with Gasteiger partial charge in [-0.2, -0.15) is 22.5 Å². The summed E-state index contributed by atoms with van der Waals surface area (Å²) in [6, 6.07) is 1.65. The van der Waals surface area contributed by atoms with Crippen LogP contribution in [0, 0.1) is 5.92 Å². The van der Waals surface area contributed by atoms with Crippen LogP contribution in [0.25, 0.3) is 0 Å². The SMILES string of the molecule is C[C@H]1CCCN(S(=O)(=O)N[C@@H](C)Cn2cccn2)C1. The highest BCUT2D eigenvalue weighted by Crippen LogP contribution is 2.17. The van der Waals surface area contributed by atoms with Crippen molar-refractivity contribution in [2.75, 3.05) is 13.1 Å². The van der Waals surface area contributed by atoms with Crippen LogP contribution in [0.4, 0.5) is 0 Å². The summed E-state index contributed by atoms with van der Waals surface area (Å²) >= 11 is 0. The molecule has 19 heavy (non-hydrogen) atoms. The van der Waals surface area contributed by atoms with Crippen LogP contribution in [0.1, 0.15) is 26.7 Å². The largest absolute Gasteiger partial charge is 0.279 e. The Balaban J connectivity index is 1.92. The Kier molecular flexibility index (Phi) is 4.59. The molecule has 1 aromatic rings. The Hall–Kier alpha value is -0.920. The molecule has 7 heteroatoms. The van der Waals surface area contributed by atoms with Crippen molar-refractivity contribution < 1.29 is 8.42 Å². The van der Waals surface area contributed by atoms with Crippen molar-refractivity contribution in [3.63, 3.8) is 0 Å². The molecule has 0 unspecified atom stereocenters. The van der Waals surface area contributed by atoms with Crippen LogP contribution in [0.2, 0.25) is 0 Å². The number of nitrogens with zero attached hydrogens (tertiary/aromatic N) is 3. The fraction of sp³-hybridized carbons (Fsp3) is 0.750. The van der Waals surface area contributed by atoms with Crippen molar-refractivity contribution in [1.82, 2.24) is 18.8 Å². The lowest BCUT2D eigenvalue weighted by Gasteiger charge is -2.31. The van der Waals surface area contributed by atoms with Crippen molar-refractivity contribution in [2.45, 2.75) is 39.3 Å². The third-order valence-corrected chi connectivity index (χ3v) is 5.04. The van der Waals surface area contributed by atoms with Crippen LogP contribution in [0.3, 0.4) is 0 Å². The Morgan fingerprint density at radius 1 is 1.53 bits per heavy atom. The minimum absolute atomic E-state index is 0.179. The number of rotatable bonds is 5. The van der Waals surface area contributed by atoms with Gasteiger partial charge in [0.05, 0.1) is 6.54 Å². The van der Waals surface area contributed by atoms with E-state index in [9.17, 15) is 8.42 Å². The smallest absolute Gasteiger partial charge is 0.271 e. The molecule has 0 bridgehead atoms. The van der Waals surface area contributed by atoms with E-state index in [4.69, 9.17) is 0 Å². The summed E-state index contributed by atoms with van der Waals surface area (Å²) < 4.78 is 30.5. The monoisotopic (exact) mass is 286 g/mol. The Labute approximate surface area is 115 Å². The molecule has 0 aliphatic carbocycles. The minimum Gasteiger partial charge on any atom is -0.271 e. The van der Waals surface area contributed by atoms with E-state index >= 15 is 0 Å². The molecule has 6 nitrogen and oxygen atoms in total. The maximum atomic E-state index is 12.3. The second-order valence-electron chi connectivity index (χ2n) is 5.36. The molecule has 1 aliphatic rings. The zero-order valence-electron chi connectivity index (χ0n) is 11.5. The van der Waals surface area contributed by atoms with Gasteiger partial charge in [0.1, 0.15) is 0 Å². The van der Waals surface area contributed by atoms with E-state index in [0.29, 0.717) is 25.6 Å². The second kappa shape index (κ2) is 6.02. The van der Waals surface area contributed by atoms with Gasteiger partial charge in [-0.1, -0.05) is 6.92 Å². The van der Waals surface area contributed by atoms with E-state index in [0.717, 1.165) is 12.8 Å². The molecule has 0 spiro atoms. The molecule has 0 amide bonds. The van der Waals surface area contributed by atoms with Crippen molar-refractivity contribution in [3.05, 3.63) is 18.5 Å². The molecule has 2 atom stereocenters. The maximum absolute atomic E-state index is 12.3. The van der Waals surface area contributed by atoms with E-state index in [2.05, 4.69) is 16.7 Å². The summed E-state index contributed by atoms with van der Waals surface area (Å²) in [6.07, 6.45) is 5.56. The first-order valence-corrected chi connectivity index (χ1v) is 8.16. The van der Waals surface area contributed by atoms with Gasteiger partial charge in [-0.15, -0.1) is 0 Å². The van der Waals surface area contributed by atoms with E-state index in [-0.39, 0.29) is 6.04 Å². The average Bonchev–Trinajstić information content (AvgIpc) is 2.81. The normalized spacial score (nSPS) is 23.4. The molecule has 1 fully saturated rings. The van der Waals surface area contributed by atoms with Crippen LogP contribution >= 0.6 is 0 Å². The van der Waals surface area contributed by atoms with Gasteiger partial charge in [0, 0.05) is 31.5 Å². The van der Waals surface area contributed by atoms with Gasteiger partial charge in [0.15, 0.2) is 0 Å². The fourth-order valence-corrected chi connectivity index (χ4v) is 3.97. The third kappa shape index (κ3) is 4.02. The summed E-state index contributed by atoms with van der Waals surface area (Å²) in [7, 11) is -3.38. The lowest BCUT2D eigenvalue weighted by atomic mass is 10.0. The summed E-state index contributed by atoms with van der Waals surface area (Å²) in [5.41, 5.74) is 0. The Bertz CT molecular complexity index is 486. The topological polar surface area (TPSA) is 67.2 Å². The van der Waals surface area contributed by atoms with E-state index in [1.807, 2.05) is 19.2 Å². The predicted molar refractivity (Wildman–Crippen MR) is 73.7 cm³/mol. The zero-order chi connectivity index (χ0) is 13.9. The molecule has 108 valence electrons. The van der Waals surface area contributed by atoms with Gasteiger partial charge in [0.2, 0.25) is 0 Å². The highest BCUT2D eigenvalue weighted by atomic mass is 32.2. The van der Waals surface area contributed by atoms with E-state index in [1.165, 1.54) is 0 Å². The van der Waals surface area contributed by atoms with E-state index < -0.39 is 10.2 Å². The molecule has 1 saturated heterocycles. The summed E-state index contributed by atoms with van der Waals surface area (Å²) in [4.78, 5) is 0. The van der Waals surface area contributed by atoms with Crippen molar-refractivity contribution in [1.29, 1.82) is 0 Å². The van der Waals surface area contributed by atoms with Gasteiger partial charge < -0.3 is 0 Å². The van der Waals surface area contributed by atoms with Crippen LogP contribution < -0.4 is 4.72 Å². The molecule has 0 aromatic carbocycles. The van der Waals surface area contributed by atoms with Crippen molar-refractivity contribution in [2.24, 2.45) is 5.92 Å². The van der Waals surface area contributed by atoms with Crippen molar-refractivity contribution >= 4 is 10.2 Å². The number of nitrogens with one attached hydrogen (secondary N) is 1. The highest BCUT2D eigenvalue weighted by Gasteiger charge is 2.28. The van der Waals surface area contributed by atoms with Gasteiger partial charge in [-0.3, -0.25) is 4.68 Å². The number of hydrogen-bond acceptors (Lipinski definition) is 3. The molecule has 2 rings (SSSR count). The van der Waals surface area contributed by atoms with Crippen molar-refractivity contribution in [3.8, 4) is 0 Å². The van der Waals surface area contributed by atoms with Crippen LogP contribution in [0.15, 0.2) is 18.5 Å². The van der Waals surface area contributed by atoms with Gasteiger partial charge in [-0.05, 0) is 31.7 Å². The molecule has 1 aliphatic heterocycles. The average molecular weight is 286 g/mol. The first kappa shape index (κ1) is 14.5. The minimum atomic E-state index is -3.38. The fourth-order valence-electron chi connectivity index (χ4n) is 2.42. The number of aromatic nitrogens is 2. The number of hydrogen-bond donors (Lipinski definition) is 1. The van der Waals surface area contributed by atoms with Crippen LogP contribution in [-0.2, 0) is 16.8 Å². The highest BCUT2D eigenvalue weighted by molar-refractivity contribution is 7.87. The second-order valence-corrected chi connectivity index (χ2v) is 7.06. The molecule has 0 radical (unpaired) electrons.